The van der Waals surface area contributed by atoms with Gasteiger partial charge in [0, 0.05) is 11.6 Å². The van der Waals surface area contributed by atoms with E-state index in [0.29, 0.717) is 6.54 Å². The predicted octanol–water partition coefficient (Wildman–Crippen LogP) is 2.31. The topological polar surface area (TPSA) is 29.3 Å². The molecule has 1 atom stereocenters. The van der Waals surface area contributed by atoms with Crippen molar-refractivity contribution in [3.63, 3.8) is 0 Å². The van der Waals surface area contributed by atoms with Gasteiger partial charge in [-0.25, -0.2) is 4.39 Å². The monoisotopic (exact) mass is 222 g/mol. The highest BCUT2D eigenvalue weighted by molar-refractivity contribution is 5.21. The lowest BCUT2D eigenvalue weighted by molar-refractivity contribution is 0.231. The third kappa shape index (κ3) is 2.42. The average Bonchev–Trinajstić information content (AvgIpc) is 2.80. The lowest BCUT2D eigenvalue weighted by atomic mass is 10.0. The van der Waals surface area contributed by atoms with E-state index in [1.54, 1.807) is 6.07 Å². The minimum absolute atomic E-state index is 0.104. The summed E-state index contributed by atoms with van der Waals surface area (Å²) in [5, 5.41) is 0. The first-order valence-corrected chi connectivity index (χ1v) is 6.01. The van der Waals surface area contributed by atoms with E-state index in [1.807, 2.05) is 12.1 Å². The minimum Gasteiger partial charge on any atom is -0.330 e. The summed E-state index contributed by atoms with van der Waals surface area (Å²) in [6, 6.07) is 7.22. The van der Waals surface area contributed by atoms with Crippen molar-refractivity contribution < 1.29 is 4.39 Å². The summed E-state index contributed by atoms with van der Waals surface area (Å²) in [4.78, 5) is 2.35. The smallest absolute Gasteiger partial charge is 0.127 e. The van der Waals surface area contributed by atoms with Crippen LogP contribution in [0.1, 0.15) is 30.9 Å². The van der Waals surface area contributed by atoms with Crippen molar-refractivity contribution in [3.8, 4) is 0 Å². The van der Waals surface area contributed by atoms with Gasteiger partial charge in [0.25, 0.3) is 0 Å². The Hall–Kier alpha value is -0.930. The Balaban J connectivity index is 2.21. The van der Waals surface area contributed by atoms with Crippen LogP contribution in [0.15, 0.2) is 24.3 Å². The van der Waals surface area contributed by atoms with E-state index in [0.717, 1.165) is 25.1 Å². The fourth-order valence-electron chi connectivity index (χ4n) is 2.49. The summed E-state index contributed by atoms with van der Waals surface area (Å²) in [5.74, 6) is -0.104. The van der Waals surface area contributed by atoms with Crippen LogP contribution in [0.5, 0.6) is 0 Å². The van der Waals surface area contributed by atoms with Crippen LogP contribution in [0, 0.1) is 5.82 Å². The van der Waals surface area contributed by atoms with Crippen LogP contribution in [0.4, 0.5) is 4.39 Å². The van der Waals surface area contributed by atoms with Crippen LogP contribution in [0.3, 0.4) is 0 Å². The number of nitrogens with two attached hydrogens (primary N) is 1. The highest BCUT2D eigenvalue weighted by atomic mass is 19.1. The van der Waals surface area contributed by atoms with Gasteiger partial charge in [-0.1, -0.05) is 18.2 Å². The maximum absolute atomic E-state index is 13.7. The van der Waals surface area contributed by atoms with Gasteiger partial charge < -0.3 is 5.73 Å². The number of halogens is 1. The van der Waals surface area contributed by atoms with Crippen molar-refractivity contribution in [3.05, 3.63) is 35.6 Å². The molecule has 1 aliphatic rings. The number of benzene rings is 1. The maximum atomic E-state index is 13.7. The number of likely N-dealkylation sites (tertiary alicyclic amines) is 1. The highest BCUT2D eigenvalue weighted by Gasteiger charge is 2.24. The fourth-order valence-corrected chi connectivity index (χ4v) is 2.49. The number of rotatable bonds is 4. The second-order valence-electron chi connectivity index (χ2n) is 4.36. The Labute approximate surface area is 96.2 Å². The fraction of sp³-hybridized carbons (Fsp3) is 0.538. The molecule has 1 fully saturated rings. The van der Waals surface area contributed by atoms with Crippen LogP contribution < -0.4 is 5.73 Å². The number of hydrogen-bond donors (Lipinski definition) is 1. The van der Waals surface area contributed by atoms with Gasteiger partial charge in [-0.3, -0.25) is 4.90 Å². The zero-order chi connectivity index (χ0) is 11.4. The Morgan fingerprint density at radius 2 is 1.94 bits per heavy atom. The van der Waals surface area contributed by atoms with E-state index in [4.69, 9.17) is 5.73 Å². The second-order valence-corrected chi connectivity index (χ2v) is 4.36. The lowest BCUT2D eigenvalue weighted by Gasteiger charge is -2.27. The molecule has 1 aromatic rings. The Morgan fingerprint density at radius 3 is 2.56 bits per heavy atom. The summed E-state index contributed by atoms with van der Waals surface area (Å²) >= 11 is 0. The van der Waals surface area contributed by atoms with Gasteiger partial charge in [-0.05, 0) is 45.0 Å². The molecule has 2 N–H and O–H groups in total. The molecule has 16 heavy (non-hydrogen) atoms. The maximum Gasteiger partial charge on any atom is 0.127 e. The van der Waals surface area contributed by atoms with E-state index >= 15 is 0 Å². The Kier molecular flexibility index (Phi) is 3.91. The standard InChI is InChI=1S/C13H19FN2/c14-12-6-2-1-5-11(12)13(7-8-15)16-9-3-4-10-16/h1-2,5-6,13H,3-4,7-10,15H2. The van der Waals surface area contributed by atoms with Gasteiger partial charge in [-0.2, -0.15) is 0 Å². The van der Waals surface area contributed by atoms with Crippen LogP contribution in [0.25, 0.3) is 0 Å². The van der Waals surface area contributed by atoms with Crippen molar-refractivity contribution in [2.45, 2.75) is 25.3 Å². The van der Waals surface area contributed by atoms with Gasteiger partial charge >= 0.3 is 0 Å². The van der Waals surface area contributed by atoms with E-state index < -0.39 is 0 Å². The third-order valence-corrected chi connectivity index (χ3v) is 3.29. The Morgan fingerprint density at radius 1 is 1.25 bits per heavy atom. The van der Waals surface area contributed by atoms with Gasteiger partial charge in [0.2, 0.25) is 0 Å². The van der Waals surface area contributed by atoms with Crippen molar-refractivity contribution in [1.29, 1.82) is 0 Å². The number of hydrogen-bond acceptors (Lipinski definition) is 2. The Bertz CT molecular complexity index is 334. The second kappa shape index (κ2) is 5.41. The lowest BCUT2D eigenvalue weighted by Crippen LogP contribution is -2.28. The first-order valence-electron chi connectivity index (χ1n) is 6.01. The van der Waals surface area contributed by atoms with E-state index in [-0.39, 0.29) is 11.9 Å². The largest absolute Gasteiger partial charge is 0.330 e. The molecular formula is C13H19FN2. The molecule has 0 amide bonds. The van der Waals surface area contributed by atoms with Crippen LogP contribution in [0.2, 0.25) is 0 Å². The van der Waals surface area contributed by atoms with Gasteiger partial charge in [-0.15, -0.1) is 0 Å². The number of nitrogens with zero attached hydrogens (tertiary/aromatic N) is 1. The van der Waals surface area contributed by atoms with E-state index in [1.165, 1.54) is 18.9 Å². The molecule has 1 saturated heterocycles. The molecule has 0 aromatic heterocycles. The molecule has 3 heteroatoms. The first kappa shape index (κ1) is 11.6. The summed E-state index contributed by atoms with van der Waals surface area (Å²) in [7, 11) is 0. The average molecular weight is 222 g/mol. The molecule has 1 aliphatic heterocycles. The minimum atomic E-state index is -0.104. The van der Waals surface area contributed by atoms with Crippen molar-refractivity contribution in [1.82, 2.24) is 4.90 Å². The van der Waals surface area contributed by atoms with Crippen LogP contribution in [-0.2, 0) is 0 Å². The summed E-state index contributed by atoms with van der Waals surface area (Å²) in [5.41, 5.74) is 6.44. The summed E-state index contributed by atoms with van der Waals surface area (Å²) in [6.07, 6.45) is 3.27. The van der Waals surface area contributed by atoms with Gasteiger partial charge in [0.15, 0.2) is 0 Å². The SMILES string of the molecule is NCCC(c1ccccc1F)N1CCCC1. The summed E-state index contributed by atoms with van der Waals surface area (Å²) < 4.78 is 13.7. The molecular weight excluding hydrogens is 203 g/mol. The van der Waals surface area contributed by atoms with Crippen molar-refractivity contribution in [2.24, 2.45) is 5.73 Å². The van der Waals surface area contributed by atoms with Gasteiger partial charge in [0.05, 0.1) is 0 Å². The van der Waals surface area contributed by atoms with Crippen LogP contribution in [-0.4, -0.2) is 24.5 Å². The zero-order valence-corrected chi connectivity index (χ0v) is 9.53. The third-order valence-electron chi connectivity index (χ3n) is 3.29. The van der Waals surface area contributed by atoms with Crippen molar-refractivity contribution >= 4 is 0 Å². The van der Waals surface area contributed by atoms with Crippen molar-refractivity contribution in [2.75, 3.05) is 19.6 Å². The summed E-state index contributed by atoms with van der Waals surface area (Å²) in [6.45, 7) is 2.74. The molecule has 0 radical (unpaired) electrons. The molecule has 2 nitrogen and oxygen atoms in total. The quantitative estimate of drug-likeness (QED) is 0.847. The molecule has 88 valence electrons. The van der Waals surface area contributed by atoms with E-state index in [9.17, 15) is 4.39 Å². The molecule has 1 heterocycles. The predicted molar refractivity (Wildman–Crippen MR) is 63.6 cm³/mol. The molecule has 0 aliphatic carbocycles. The normalized spacial score (nSPS) is 18.9. The molecule has 1 aromatic carbocycles. The van der Waals surface area contributed by atoms with Gasteiger partial charge in [0.1, 0.15) is 5.82 Å². The molecule has 2 rings (SSSR count). The van der Waals surface area contributed by atoms with Crippen LogP contribution >= 0.6 is 0 Å². The molecule has 1 unspecified atom stereocenters. The first-order chi connectivity index (χ1) is 7.83. The molecule has 0 saturated carbocycles. The highest BCUT2D eigenvalue weighted by Crippen LogP contribution is 2.29. The van der Waals surface area contributed by atoms with E-state index in [2.05, 4.69) is 4.90 Å². The zero-order valence-electron chi connectivity index (χ0n) is 9.53. The molecule has 0 spiro atoms. The molecule has 0 bridgehead atoms.